The maximum Gasteiger partial charge on any atom is 0.134 e. The first-order chi connectivity index (χ1) is 13.9. The fraction of sp³-hybridized carbons (Fsp3) is 0. The molecule has 6 aromatic rings. The SMILES string of the molecule is c1csc(-c2nc3ccccc3s2)c1.c1csc(-c2nc3ccccc3s2)c1. The highest BCUT2D eigenvalue weighted by Gasteiger charge is 2.06. The smallest absolute Gasteiger partial charge is 0.134 e. The van der Waals surface area contributed by atoms with E-state index in [2.05, 4.69) is 81.4 Å². The van der Waals surface area contributed by atoms with Crippen LogP contribution in [-0.2, 0) is 0 Å². The summed E-state index contributed by atoms with van der Waals surface area (Å²) in [5.74, 6) is 0. The molecule has 0 spiro atoms. The number of fused-ring (bicyclic) bond motifs is 2. The first-order valence-electron chi connectivity index (χ1n) is 8.66. The molecule has 4 heterocycles. The van der Waals surface area contributed by atoms with Gasteiger partial charge in [-0.25, -0.2) is 9.97 Å². The van der Waals surface area contributed by atoms with Crippen LogP contribution in [0, 0.1) is 0 Å². The first kappa shape index (κ1) is 17.7. The lowest BCUT2D eigenvalue weighted by Crippen LogP contribution is -1.67. The zero-order valence-corrected chi connectivity index (χ0v) is 17.9. The van der Waals surface area contributed by atoms with Gasteiger partial charge in [0.1, 0.15) is 10.0 Å². The topological polar surface area (TPSA) is 25.8 Å². The average Bonchev–Trinajstić information content (AvgIpc) is 3.54. The highest BCUT2D eigenvalue weighted by molar-refractivity contribution is 7.25. The molecule has 0 saturated carbocycles. The fourth-order valence-corrected chi connectivity index (χ4v) is 6.28. The quantitative estimate of drug-likeness (QED) is 0.275. The van der Waals surface area contributed by atoms with Gasteiger partial charge in [0.15, 0.2) is 0 Å². The van der Waals surface area contributed by atoms with Crippen LogP contribution in [0.25, 0.3) is 40.2 Å². The Kier molecular flexibility index (Phi) is 5.01. The van der Waals surface area contributed by atoms with Crippen LogP contribution in [0.3, 0.4) is 0 Å². The molecule has 0 radical (unpaired) electrons. The monoisotopic (exact) mass is 434 g/mol. The summed E-state index contributed by atoms with van der Waals surface area (Å²) in [4.78, 5) is 11.7. The normalized spacial score (nSPS) is 10.9. The molecule has 28 heavy (non-hydrogen) atoms. The highest BCUT2D eigenvalue weighted by Crippen LogP contribution is 2.33. The van der Waals surface area contributed by atoms with Crippen molar-refractivity contribution in [1.82, 2.24) is 9.97 Å². The summed E-state index contributed by atoms with van der Waals surface area (Å²) < 4.78 is 2.52. The summed E-state index contributed by atoms with van der Waals surface area (Å²) in [5, 5.41) is 6.42. The molecule has 2 aromatic carbocycles. The summed E-state index contributed by atoms with van der Waals surface area (Å²) in [6.07, 6.45) is 0. The third-order valence-corrected chi connectivity index (χ3v) is 8.20. The Balaban J connectivity index is 0.000000122. The molecule has 0 aliphatic carbocycles. The molecular formula is C22H14N2S4. The highest BCUT2D eigenvalue weighted by atomic mass is 32.1. The number of thiazole rings is 2. The molecule has 0 atom stereocenters. The van der Waals surface area contributed by atoms with E-state index in [9.17, 15) is 0 Å². The second-order valence-corrected chi connectivity index (χ2v) is 9.88. The number of nitrogens with zero attached hydrogens (tertiary/aromatic N) is 2. The summed E-state index contributed by atoms with van der Waals surface area (Å²) >= 11 is 6.99. The Morgan fingerprint density at radius 3 is 1.36 bits per heavy atom. The molecule has 6 heteroatoms. The molecule has 0 bridgehead atoms. The van der Waals surface area contributed by atoms with E-state index in [0.717, 1.165) is 21.0 Å². The van der Waals surface area contributed by atoms with Gasteiger partial charge >= 0.3 is 0 Å². The minimum atomic E-state index is 1.10. The van der Waals surface area contributed by atoms with Gasteiger partial charge in [0.25, 0.3) is 0 Å². The van der Waals surface area contributed by atoms with Gasteiger partial charge in [-0.2, -0.15) is 0 Å². The van der Waals surface area contributed by atoms with E-state index < -0.39 is 0 Å². The Labute approximate surface area is 178 Å². The van der Waals surface area contributed by atoms with Gasteiger partial charge in [-0.15, -0.1) is 45.3 Å². The number of rotatable bonds is 2. The lowest BCUT2D eigenvalue weighted by Gasteiger charge is -1.84. The van der Waals surface area contributed by atoms with Crippen LogP contribution in [0.2, 0.25) is 0 Å². The molecule has 0 aliphatic rings. The maximum absolute atomic E-state index is 4.58. The number of para-hydroxylation sites is 2. The maximum atomic E-state index is 4.58. The van der Waals surface area contributed by atoms with Crippen LogP contribution in [0.5, 0.6) is 0 Å². The zero-order valence-electron chi connectivity index (χ0n) is 14.6. The van der Waals surface area contributed by atoms with E-state index >= 15 is 0 Å². The van der Waals surface area contributed by atoms with Gasteiger partial charge in [0.05, 0.1) is 30.2 Å². The minimum Gasteiger partial charge on any atom is -0.235 e. The largest absolute Gasteiger partial charge is 0.235 e. The molecule has 0 unspecified atom stereocenters. The Hall–Kier alpha value is -2.38. The van der Waals surface area contributed by atoms with Crippen molar-refractivity contribution >= 4 is 65.8 Å². The predicted octanol–water partition coefficient (Wildman–Crippen LogP) is 8.05. The lowest BCUT2D eigenvalue weighted by atomic mass is 10.3. The van der Waals surface area contributed by atoms with E-state index in [1.165, 1.54) is 19.2 Å². The van der Waals surface area contributed by atoms with Crippen LogP contribution < -0.4 is 0 Å². The van der Waals surface area contributed by atoms with Crippen molar-refractivity contribution in [2.75, 3.05) is 0 Å². The van der Waals surface area contributed by atoms with Crippen molar-refractivity contribution in [3.63, 3.8) is 0 Å². The summed E-state index contributed by atoms with van der Waals surface area (Å²) in [6, 6.07) is 24.9. The van der Waals surface area contributed by atoms with Crippen LogP contribution in [-0.4, -0.2) is 9.97 Å². The molecule has 0 aliphatic heterocycles. The molecule has 136 valence electrons. The zero-order chi connectivity index (χ0) is 18.8. The van der Waals surface area contributed by atoms with Crippen LogP contribution in [0.4, 0.5) is 0 Å². The average molecular weight is 435 g/mol. The molecule has 0 N–H and O–H groups in total. The lowest BCUT2D eigenvalue weighted by molar-refractivity contribution is 1.50. The number of hydrogen-bond donors (Lipinski definition) is 0. The standard InChI is InChI=1S/2C11H7NS2/c2*1-2-5-9-8(4-1)12-11(14-9)10-6-3-7-13-10/h2*1-7H. The van der Waals surface area contributed by atoms with E-state index in [4.69, 9.17) is 0 Å². The van der Waals surface area contributed by atoms with Crippen LogP contribution in [0.15, 0.2) is 83.6 Å². The second kappa shape index (κ2) is 7.93. The van der Waals surface area contributed by atoms with Gasteiger partial charge in [-0.3, -0.25) is 0 Å². The molecule has 2 nitrogen and oxygen atoms in total. The van der Waals surface area contributed by atoms with Gasteiger partial charge in [0, 0.05) is 0 Å². The number of thiophene rings is 2. The number of aromatic nitrogens is 2. The second-order valence-electron chi connectivity index (χ2n) is 5.93. The molecular weight excluding hydrogens is 421 g/mol. The summed E-state index contributed by atoms with van der Waals surface area (Å²) in [5.41, 5.74) is 2.20. The van der Waals surface area contributed by atoms with Gasteiger partial charge < -0.3 is 0 Å². The van der Waals surface area contributed by atoms with Crippen LogP contribution in [0.1, 0.15) is 0 Å². The number of benzene rings is 2. The Bertz CT molecular complexity index is 1140. The van der Waals surface area contributed by atoms with Crippen molar-refractivity contribution in [2.24, 2.45) is 0 Å². The molecule has 0 saturated heterocycles. The first-order valence-corrected chi connectivity index (χ1v) is 12.0. The fourth-order valence-electron chi connectivity index (χ4n) is 2.76. The third kappa shape index (κ3) is 3.64. The summed E-state index contributed by atoms with van der Waals surface area (Å²) in [7, 11) is 0. The van der Waals surface area contributed by atoms with E-state index in [1.807, 2.05) is 12.1 Å². The molecule has 0 amide bonds. The van der Waals surface area contributed by atoms with Gasteiger partial charge in [-0.05, 0) is 47.2 Å². The third-order valence-electron chi connectivity index (χ3n) is 4.05. The number of hydrogen-bond acceptors (Lipinski definition) is 6. The molecule has 6 rings (SSSR count). The van der Waals surface area contributed by atoms with Gasteiger partial charge in [-0.1, -0.05) is 36.4 Å². The molecule has 0 fully saturated rings. The van der Waals surface area contributed by atoms with E-state index in [-0.39, 0.29) is 0 Å². The van der Waals surface area contributed by atoms with Crippen molar-refractivity contribution in [3.8, 4) is 19.8 Å². The predicted molar refractivity (Wildman–Crippen MR) is 126 cm³/mol. The van der Waals surface area contributed by atoms with E-state index in [1.54, 1.807) is 45.3 Å². The van der Waals surface area contributed by atoms with Crippen molar-refractivity contribution in [3.05, 3.63) is 83.6 Å². The van der Waals surface area contributed by atoms with Crippen molar-refractivity contribution in [1.29, 1.82) is 0 Å². The Morgan fingerprint density at radius 2 is 0.964 bits per heavy atom. The van der Waals surface area contributed by atoms with Gasteiger partial charge in [0.2, 0.25) is 0 Å². The van der Waals surface area contributed by atoms with Crippen molar-refractivity contribution < 1.29 is 0 Å². The molecule has 4 aromatic heterocycles. The van der Waals surface area contributed by atoms with E-state index in [0.29, 0.717) is 0 Å². The minimum absolute atomic E-state index is 1.10. The summed E-state index contributed by atoms with van der Waals surface area (Å²) in [6.45, 7) is 0. The van der Waals surface area contributed by atoms with Crippen molar-refractivity contribution in [2.45, 2.75) is 0 Å². The van der Waals surface area contributed by atoms with Crippen LogP contribution >= 0.6 is 45.3 Å². The Morgan fingerprint density at radius 1 is 0.500 bits per heavy atom.